The van der Waals surface area contributed by atoms with E-state index < -0.39 is 0 Å². The van der Waals surface area contributed by atoms with Crippen molar-refractivity contribution >= 4 is 29.2 Å². The summed E-state index contributed by atoms with van der Waals surface area (Å²) in [6.07, 6.45) is 5.43. The van der Waals surface area contributed by atoms with E-state index in [-0.39, 0.29) is 6.09 Å². The molecule has 0 saturated carbocycles. The number of unbranched alkanes of at least 4 members (excludes halogenated alkanes) is 1. The van der Waals surface area contributed by atoms with E-state index in [0.717, 1.165) is 32.5 Å². The molecule has 26 heavy (non-hydrogen) atoms. The van der Waals surface area contributed by atoms with Gasteiger partial charge in [0.25, 0.3) is 0 Å². The highest BCUT2D eigenvalue weighted by molar-refractivity contribution is 8.01. The van der Waals surface area contributed by atoms with Crippen molar-refractivity contribution < 1.29 is 9.53 Å². The largest absolute Gasteiger partial charge is 0.450 e. The van der Waals surface area contributed by atoms with Gasteiger partial charge in [-0.15, -0.1) is 11.3 Å². The lowest BCUT2D eigenvalue weighted by Gasteiger charge is -2.04. The van der Waals surface area contributed by atoms with Crippen LogP contribution in [0.15, 0.2) is 64.0 Å². The highest BCUT2D eigenvalue weighted by atomic mass is 32.2. The van der Waals surface area contributed by atoms with Gasteiger partial charge in [-0.05, 0) is 30.7 Å². The third-order valence-electron chi connectivity index (χ3n) is 3.57. The Balaban J connectivity index is 1.51. The molecule has 1 aromatic carbocycles. The Bertz CT molecular complexity index is 830. The van der Waals surface area contributed by atoms with E-state index in [1.54, 1.807) is 23.1 Å². The van der Waals surface area contributed by atoms with Crippen LogP contribution < -0.4 is 5.32 Å². The molecule has 0 radical (unpaired) electrons. The van der Waals surface area contributed by atoms with Crippen molar-refractivity contribution in [2.24, 2.45) is 0 Å². The van der Waals surface area contributed by atoms with Gasteiger partial charge in [-0.2, -0.15) is 5.10 Å². The monoisotopic (exact) mass is 387 g/mol. The molecular weight excluding hydrogens is 366 g/mol. The Kier molecular flexibility index (Phi) is 6.74. The Morgan fingerprint density at radius 1 is 1.27 bits per heavy atom. The maximum absolute atomic E-state index is 11.6. The van der Waals surface area contributed by atoms with Crippen LogP contribution in [0.3, 0.4) is 0 Å². The topological polar surface area (TPSA) is 56.1 Å². The quantitative estimate of drug-likeness (QED) is 0.546. The van der Waals surface area contributed by atoms with E-state index in [1.165, 1.54) is 0 Å². The second-order valence-electron chi connectivity index (χ2n) is 5.62. The third-order valence-corrected chi connectivity index (χ3v) is 5.74. The van der Waals surface area contributed by atoms with Crippen LogP contribution in [0.5, 0.6) is 0 Å². The third kappa shape index (κ3) is 5.37. The lowest BCUT2D eigenvalue weighted by Crippen LogP contribution is -2.23. The normalized spacial score (nSPS) is 10.7. The molecule has 0 fully saturated rings. The Hall–Kier alpha value is -2.25. The summed E-state index contributed by atoms with van der Waals surface area (Å²) in [6, 6.07) is 14.1. The predicted octanol–water partition coefficient (Wildman–Crippen LogP) is 5.11. The number of nitrogens with zero attached hydrogens (tertiary/aromatic N) is 2. The van der Waals surface area contributed by atoms with Crippen molar-refractivity contribution in [2.75, 3.05) is 6.61 Å². The summed E-state index contributed by atoms with van der Waals surface area (Å²) in [4.78, 5) is 13.8. The molecule has 3 rings (SSSR count). The number of para-hydroxylation sites is 1. The molecule has 2 heterocycles. The first-order chi connectivity index (χ1) is 12.7. The number of amides is 1. The number of hydrogen-bond donors (Lipinski definition) is 1. The highest BCUT2D eigenvalue weighted by Gasteiger charge is 2.07. The molecule has 0 unspecified atom stereocenters. The van der Waals surface area contributed by atoms with E-state index in [9.17, 15) is 4.79 Å². The zero-order chi connectivity index (χ0) is 18.2. The highest BCUT2D eigenvalue weighted by Crippen LogP contribution is 2.33. The number of benzene rings is 1. The fourth-order valence-electron chi connectivity index (χ4n) is 2.22. The molecular formula is C19H21N3O2S2. The van der Waals surface area contributed by atoms with Gasteiger partial charge in [0.15, 0.2) is 0 Å². The number of alkyl carbamates (subject to hydrolysis) is 1. The number of nitrogens with one attached hydrogen (secondary N) is 1. The van der Waals surface area contributed by atoms with Crippen LogP contribution in [0.2, 0.25) is 0 Å². The molecule has 0 atom stereocenters. The van der Waals surface area contributed by atoms with Crippen molar-refractivity contribution in [3.63, 3.8) is 0 Å². The molecule has 0 aliphatic heterocycles. The molecule has 136 valence electrons. The summed E-state index contributed by atoms with van der Waals surface area (Å²) in [5, 5.41) is 7.20. The first-order valence-corrected chi connectivity index (χ1v) is 10.1. The second-order valence-corrected chi connectivity index (χ2v) is 8.16. The number of rotatable bonds is 8. The first-order valence-electron chi connectivity index (χ1n) is 8.52. The summed E-state index contributed by atoms with van der Waals surface area (Å²) in [5.74, 6) is 0. The van der Waals surface area contributed by atoms with Crippen molar-refractivity contribution in [2.45, 2.75) is 35.4 Å². The van der Waals surface area contributed by atoms with E-state index >= 15 is 0 Å². The Morgan fingerprint density at radius 3 is 2.92 bits per heavy atom. The molecule has 1 amide bonds. The fourth-order valence-corrected chi connectivity index (χ4v) is 4.30. The lowest BCUT2D eigenvalue weighted by atomic mass is 10.3. The Morgan fingerprint density at radius 2 is 2.12 bits per heavy atom. The van der Waals surface area contributed by atoms with Crippen LogP contribution in [-0.4, -0.2) is 22.5 Å². The number of aromatic nitrogens is 2. The SMILES string of the molecule is CCCCOC(=O)NCc1ccc(Sc2cnn(-c3ccccc3)c2)s1. The number of hydrogen-bond acceptors (Lipinski definition) is 5. The van der Waals surface area contributed by atoms with E-state index in [1.807, 2.05) is 53.5 Å². The number of thiophene rings is 1. The minimum Gasteiger partial charge on any atom is -0.450 e. The van der Waals surface area contributed by atoms with Gasteiger partial charge in [0.05, 0.1) is 34.1 Å². The van der Waals surface area contributed by atoms with Crippen molar-refractivity contribution in [1.29, 1.82) is 0 Å². The van der Waals surface area contributed by atoms with Crippen molar-refractivity contribution in [3.8, 4) is 5.69 Å². The van der Waals surface area contributed by atoms with Crippen LogP contribution >= 0.6 is 23.1 Å². The molecule has 3 aromatic rings. The lowest BCUT2D eigenvalue weighted by molar-refractivity contribution is 0.144. The Labute approximate surface area is 161 Å². The standard InChI is InChI=1S/C19H21N3O2S2/c1-2-3-11-24-19(23)20-12-16-9-10-18(25-16)26-17-13-21-22(14-17)15-7-5-4-6-8-15/h4-10,13-14H,2-3,11-12H2,1H3,(H,20,23). The molecule has 2 aromatic heterocycles. The molecule has 5 nitrogen and oxygen atoms in total. The van der Waals surface area contributed by atoms with Gasteiger partial charge in [0.2, 0.25) is 0 Å². The molecule has 0 aliphatic rings. The summed E-state index contributed by atoms with van der Waals surface area (Å²) in [6.45, 7) is 3.02. The van der Waals surface area contributed by atoms with E-state index in [0.29, 0.717) is 13.2 Å². The first kappa shape index (κ1) is 18.5. The molecule has 0 bridgehead atoms. The van der Waals surface area contributed by atoms with Gasteiger partial charge in [0, 0.05) is 11.1 Å². The fraction of sp³-hybridized carbons (Fsp3) is 0.263. The predicted molar refractivity (Wildman–Crippen MR) is 105 cm³/mol. The summed E-state index contributed by atoms with van der Waals surface area (Å²) in [5.41, 5.74) is 1.04. The maximum Gasteiger partial charge on any atom is 0.407 e. The van der Waals surface area contributed by atoms with E-state index in [2.05, 4.69) is 23.4 Å². The molecule has 0 aliphatic carbocycles. The van der Waals surface area contributed by atoms with Crippen molar-refractivity contribution in [1.82, 2.24) is 15.1 Å². The zero-order valence-corrected chi connectivity index (χ0v) is 16.2. The smallest absolute Gasteiger partial charge is 0.407 e. The van der Waals surface area contributed by atoms with Crippen LogP contribution in [0.1, 0.15) is 24.6 Å². The van der Waals surface area contributed by atoms with Gasteiger partial charge in [0.1, 0.15) is 0 Å². The minimum atomic E-state index is -0.356. The second kappa shape index (κ2) is 9.45. The summed E-state index contributed by atoms with van der Waals surface area (Å²) in [7, 11) is 0. The van der Waals surface area contributed by atoms with Gasteiger partial charge in [-0.3, -0.25) is 0 Å². The maximum atomic E-state index is 11.6. The minimum absolute atomic E-state index is 0.356. The van der Waals surface area contributed by atoms with Crippen LogP contribution in [0.25, 0.3) is 5.69 Å². The average molecular weight is 388 g/mol. The van der Waals surface area contributed by atoms with Gasteiger partial charge in [-0.1, -0.05) is 43.3 Å². The molecule has 0 saturated heterocycles. The molecule has 1 N–H and O–H groups in total. The van der Waals surface area contributed by atoms with Gasteiger partial charge < -0.3 is 10.1 Å². The number of ether oxygens (including phenoxy) is 1. The van der Waals surface area contributed by atoms with Crippen LogP contribution in [0.4, 0.5) is 4.79 Å². The van der Waals surface area contributed by atoms with E-state index in [4.69, 9.17) is 4.74 Å². The van der Waals surface area contributed by atoms with Crippen LogP contribution in [0, 0.1) is 0 Å². The van der Waals surface area contributed by atoms with Gasteiger partial charge >= 0.3 is 6.09 Å². The average Bonchev–Trinajstić information content (AvgIpc) is 3.31. The van der Waals surface area contributed by atoms with Crippen LogP contribution in [-0.2, 0) is 11.3 Å². The molecule has 7 heteroatoms. The zero-order valence-electron chi connectivity index (χ0n) is 14.6. The van der Waals surface area contributed by atoms with Gasteiger partial charge in [-0.25, -0.2) is 9.48 Å². The number of carbonyl (C=O) groups excluding carboxylic acids is 1. The van der Waals surface area contributed by atoms with Crippen molar-refractivity contribution in [3.05, 3.63) is 59.7 Å². The summed E-state index contributed by atoms with van der Waals surface area (Å²) < 4.78 is 8.12. The number of carbonyl (C=O) groups is 1. The summed E-state index contributed by atoms with van der Waals surface area (Å²) >= 11 is 3.33. The molecule has 0 spiro atoms.